The molecule has 0 bridgehead atoms. The van der Waals surface area contributed by atoms with E-state index in [0.29, 0.717) is 41.9 Å². The molecule has 0 N–H and O–H groups in total. The maximum absolute atomic E-state index is 11.8. The van der Waals surface area contributed by atoms with E-state index in [4.69, 9.17) is 18.9 Å². The first-order valence-corrected chi connectivity index (χ1v) is 7.13. The number of hydrogen-bond donors (Lipinski definition) is 0. The van der Waals surface area contributed by atoms with Crippen LogP contribution in [0.5, 0.6) is 17.2 Å². The summed E-state index contributed by atoms with van der Waals surface area (Å²) in [5, 5.41) is 0.855. The van der Waals surface area contributed by atoms with Crippen LogP contribution in [0.15, 0.2) is 12.1 Å². The minimum absolute atomic E-state index is 0.321. The van der Waals surface area contributed by atoms with E-state index in [-0.39, 0.29) is 5.97 Å². The fourth-order valence-electron chi connectivity index (χ4n) is 2.13. The molecule has 2 heterocycles. The lowest BCUT2D eigenvalue weighted by Crippen LogP contribution is -2.16. The molecule has 1 aliphatic rings. The topological polar surface area (TPSA) is 54.0 Å². The quantitative estimate of drug-likeness (QED) is 0.815. The van der Waals surface area contributed by atoms with Crippen molar-refractivity contribution in [1.82, 2.24) is 0 Å². The number of carbonyl (C=O) groups excluding carboxylic acids is 1. The third-order valence-corrected chi connectivity index (χ3v) is 4.03. The van der Waals surface area contributed by atoms with E-state index in [9.17, 15) is 4.79 Å². The second kappa shape index (κ2) is 5.20. The summed E-state index contributed by atoms with van der Waals surface area (Å²) in [5.74, 6) is 1.53. The first-order chi connectivity index (χ1) is 9.74. The first-order valence-electron chi connectivity index (χ1n) is 6.31. The molecule has 0 radical (unpaired) electrons. The van der Waals surface area contributed by atoms with Crippen molar-refractivity contribution in [2.45, 2.75) is 6.92 Å². The van der Waals surface area contributed by atoms with Crippen molar-refractivity contribution in [3.8, 4) is 17.2 Å². The number of esters is 1. The molecule has 0 saturated heterocycles. The van der Waals surface area contributed by atoms with Crippen molar-refractivity contribution in [2.75, 3.05) is 26.9 Å². The SMILES string of the molecule is CCOC(=O)c1cc2c3c(c(OC)cc2s1)OCCO3. The van der Waals surface area contributed by atoms with Crippen LogP contribution in [0.4, 0.5) is 0 Å². The van der Waals surface area contributed by atoms with Crippen LogP contribution in [-0.2, 0) is 4.74 Å². The van der Waals surface area contributed by atoms with Gasteiger partial charge in [-0.05, 0) is 13.0 Å². The predicted octanol–water partition coefficient (Wildman–Crippen LogP) is 2.86. The number of hydrogen-bond acceptors (Lipinski definition) is 6. The van der Waals surface area contributed by atoms with Gasteiger partial charge in [-0.1, -0.05) is 0 Å². The molecule has 0 spiro atoms. The second-order valence-corrected chi connectivity index (χ2v) is 5.26. The zero-order valence-electron chi connectivity index (χ0n) is 11.2. The van der Waals surface area contributed by atoms with Crippen molar-refractivity contribution in [2.24, 2.45) is 0 Å². The van der Waals surface area contributed by atoms with Crippen LogP contribution in [0.2, 0.25) is 0 Å². The van der Waals surface area contributed by atoms with Crippen LogP contribution >= 0.6 is 11.3 Å². The molecule has 1 aromatic heterocycles. The molecule has 2 aromatic rings. The molecule has 0 unspecified atom stereocenters. The number of benzene rings is 1. The number of carbonyl (C=O) groups is 1. The van der Waals surface area contributed by atoms with Crippen LogP contribution in [0, 0.1) is 0 Å². The molecule has 6 heteroatoms. The van der Waals surface area contributed by atoms with Crippen molar-refractivity contribution < 1.29 is 23.7 Å². The smallest absolute Gasteiger partial charge is 0.348 e. The Balaban J connectivity index is 2.15. The van der Waals surface area contributed by atoms with Crippen LogP contribution in [-0.4, -0.2) is 32.9 Å². The Labute approximate surface area is 120 Å². The monoisotopic (exact) mass is 294 g/mol. The van der Waals surface area contributed by atoms with Crippen LogP contribution in [0.1, 0.15) is 16.6 Å². The standard InChI is InChI=1S/C14H14O5S/c1-3-17-14(15)11-6-8-10(20-11)7-9(16-2)13-12(8)18-4-5-19-13/h6-7H,3-5H2,1-2H3. The summed E-state index contributed by atoms with van der Waals surface area (Å²) in [7, 11) is 1.58. The summed E-state index contributed by atoms with van der Waals surface area (Å²) in [6.07, 6.45) is 0. The maximum atomic E-state index is 11.8. The van der Waals surface area contributed by atoms with Gasteiger partial charge in [0.05, 0.1) is 13.7 Å². The minimum Gasteiger partial charge on any atom is -0.493 e. The normalized spacial score (nSPS) is 13.3. The lowest BCUT2D eigenvalue weighted by atomic mass is 10.2. The molecule has 20 heavy (non-hydrogen) atoms. The number of methoxy groups -OCH3 is 1. The highest BCUT2D eigenvalue weighted by molar-refractivity contribution is 7.20. The van der Waals surface area contributed by atoms with Crippen molar-refractivity contribution in [3.63, 3.8) is 0 Å². The number of thiophene rings is 1. The van der Waals surface area contributed by atoms with Gasteiger partial charge < -0.3 is 18.9 Å². The highest BCUT2D eigenvalue weighted by atomic mass is 32.1. The van der Waals surface area contributed by atoms with Gasteiger partial charge in [0.1, 0.15) is 18.1 Å². The van der Waals surface area contributed by atoms with Crippen LogP contribution < -0.4 is 14.2 Å². The van der Waals surface area contributed by atoms with E-state index < -0.39 is 0 Å². The molecule has 0 saturated carbocycles. The Bertz CT molecular complexity index is 661. The van der Waals surface area contributed by atoms with Gasteiger partial charge in [-0.2, -0.15) is 0 Å². The fourth-order valence-corrected chi connectivity index (χ4v) is 3.11. The molecule has 1 aromatic carbocycles. The molecule has 0 fully saturated rings. The summed E-state index contributed by atoms with van der Waals surface area (Å²) in [5.41, 5.74) is 0. The van der Waals surface area contributed by atoms with Gasteiger partial charge in [0.25, 0.3) is 0 Å². The first kappa shape index (κ1) is 13.1. The van der Waals surface area contributed by atoms with Gasteiger partial charge in [0.15, 0.2) is 11.5 Å². The van der Waals surface area contributed by atoms with Gasteiger partial charge in [-0.3, -0.25) is 0 Å². The highest BCUT2D eigenvalue weighted by Crippen LogP contribution is 2.47. The third kappa shape index (κ3) is 2.06. The maximum Gasteiger partial charge on any atom is 0.348 e. The second-order valence-electron chi connectivity index (χ2n) is 4.18. The van der Waals surface area contributed by atoms with Gasteiger partial charge in [0.2, 0.25) is 5.75 Å². The molecule has 1 aliphatic heterocycles. The Hall–Kier alpha value is -1.95. The van der Waals surface area contributed by atoms with Gasteiger partial charge >= 0.3 is 5.97 Å². The van der Waals surface area contributed by atoms with Crippen molar-refractivity contribution >= 4 is 27.4 Å². The number of ether oxygens (including phenoxy) is 4. The summed E-state index contributed by atoms with van der Waals surface area (Å²) in [6, 6.07) is 3.64. The van der Waals surface area contributed by atoms with E-state index in [2.05, 4.69) is 0 Å². The fraction of sp³-hybridized carbons (Fsp3) is 0.357. The van der Waals surface area contributed by atoms with Gasteiger partial charge in [-0.15, -0.1) is 11.3 Å². The van der Waals surface area contributed by atoms with Gasteiger partial charge in [0, 0.05) is 16.2 Å². The molecule has 106 valence electrons. The Morgan fingerprint density at radius 2 is 2.05 bits per heavy atom. The zero-order valence-corrected chi connectivity index (χ0v) is 12.0. The Morgan fingerprint density at radius 1 is 1.30 bits per heavy atom. The van der Waals surface area contributed by atoms with E-state index in [1.165, 1.54) is 11.3 Å². The lowest BCUT2D eigenvalue weighted by molar-refractivity contribution is 0.0532. The zero-order chi connectivity index (χ0) is 14.1. The van der Waals surface area contributed by atoms with Gasteiger partial charge in [-0.25, -0.2) is 4.79 Å². The third-order valence-electron chi connectivity index (χ3n) is 2.97. The van der Waals surface area contributed by atoms with Crippen LogP contribution in [0.3, 0.4) is 0 Å². The largest absolute Gasteiger partial charge is 0.493 e. The van der Waals surface area contributed by atoms with E-state index in [0.717, 1.165) is 10.1 Å². The van der Waals surface area contributed by atoms with Crippen LogP contribution in [0.25, 0.3) is 10.1 Å². The molecule has 0 amide bonds. The minimum atomic E-state index is -0.321. The number of fused-ring (bicyclic) bond motifs is 3. The van der Waals surface area contributed by atoms with E-state index in [1.54, 1.807) is 20.1 Å². The van der Waals surface area contributed by atoms with Crippen molar-refractivity contribution in [1.29, 1.82) is 0 Å². The average Bonchev–Trinajstić information content (AvgIpc) is 2.91. The summed E-state index contributed by atoms with van der Waals surface area (Å²) in [4.78, 5) is 12.4. The summed E-state index contributed by atoms with van der Waals surface area (Å²) < 4.78 is 22.6. The lowest BCUT2D eigenvalue weighted by Gasteiger charge is -2.21. The average molecular weight is 294 g/mol. The Kier molecular flexibility index (Phi) is 3.40. The molecular formula is C14H14O5S. The molecule has 0 aliphatic carbocycles. The van der Waals surface area contributed by atoms with E-state index in [1.807, 2.05) is 6.07 Å². The van der Waals surface area contributed by atoms with E-state index >= 15 is 0 Å². The predicted molar refractivity (Wildman–Crippen MR) is 75.3 cm³/mol. The molecule has 3 rings (SSSR count). The number of rotatable bonds is 3. The molecular weight excluding hydrogens is 280 g/mol. The summed E-state index contributed by atoms with van der Waals surface area (Å²) >= 11 is 1.36. The summed E-state index contributed by atoms with van der Waals surface area (Å²) in [6.45, 7) is 3.12. The highest BCUT2D eigenvalue weighted by Gasteiger charge is 2.23. The molecule has 0 atom stereocenters. The Morgan fingerprint density at radius 3 is 2.75 bits per heavy atom. The van der Waals surface area contributed by atoms with Crippen molar-refractivity contribution in [3.05, 3.63) is 17.0 Å². The molecule has 5 nitrogen and oxygen atoms in total.